The van der Waals surface area contributed by atoms with Gasteiger partial charge in [0.15, 0.2) is 17.3 Å². The molecule has 2 aromatic rings. The van der Waals surface area contributed by atoms with E-state index in [1.54, 1.807) is 26.4 Å². The van der Waals surface area contributed by atoms with Gasteiger partial charge >= 0.3 is 5.97 Å². The summed E-state index contributed by atoms with van der Waals surface area (Å²) in [6.07, 6.45) is 3.12. The van der Waals surface area contributed by atoms with Crippen LogP contribution in [-0.2, 0) is 14.3 Å². The molecule has 0 bridgehead atoms. The molecule has 7 nitrogen and oxygen atoms in total. The van der Waals surface area contributed by atoms with E-state index in [1.807, 2.05) is 19.9 Å². The fourth-order valence-electron chi connectivity index (χ4n) is 5.95. The summed E-state index contributed by atoms with van der Waals surface area (Å²) < 4.78 is 38.0. The van der Waals surface area contributed by atoms with Crippen molar-refractivity contribution in [1.82, 2.24) is 0 Å². The quantitative estimate of drug-likeness (QED) is 0.389. The van der Waals surface area contributed by atoms with Gasteiger partial charge in [0, 0.05) is 31.2 Å². The highest BCUT2D eigenvalue weighted by atomic mass is 19.1. The van der Waals surface area contributed by atoms with Crippen molar-refractivity contribution >= 4 is 5.97 Å². The Balaban J connectivity index is 1.76. The van der Waals surface area contributed by atoms with Crippen molar-refractivity contribution in [3.05, 3.63) is 47.3 Å². The number of benzene rings is 2. The maximum absolute atomic E-state index is 13.8. The Morgan fingerprint density at radius 3 is 2.32 bits per heavy atom. The van der Waals surface area contributed by atoms with Crippen LogP contribution in [0.3, 0.4) is 0 Å². The number of hydrogen-bond acceptors (Lipinski definition) is 6. The molecular weight excluding hydrogens is 491 g/mol. The number of aliphatic carboxylic acids is 1. The van der Waals surface area contributed by atoms with Gasteiger partial charge < -0.3 is 29.2 Å². The lowest BCUT2D eigenvalue weighted by atomic mass is 9.83. The summed E-state index contributed by atoms with van der Waals surface area (Å²) in [5, 5.41) is 21.3. The number of carboxylic acids is 1. The summed E-state index contributed by atoms with van der Waals surface area (Å²) in [6.45, 7) is 4.08. The number of aliphatic hydroxyl groups is 1. The van der Waals surface area contributed by atoms with Crippen LogP contribution < -0.4 is 9.47 Å². The van der Waals surface area contributed by atoms with Crippen LogP contribution in [0.1, 0.15) is 88.4 Å². The second-order valence-corrected chi connectivity index (χ2v) is 10.7. The SMILES string of the molecule is COc1cc(C(C)C)c(C(O)CC2CC(CC(=O)O)OC3(CCCCC3)O2)c(-c2ccc(F)cc2)c1OC. The van der Waals surface area contributed by atoms with E-state index in [2.05, 4.69) is 0 Å². The van der Waals surface area contributed by atoms with Crippen molar-refractivity contribution in [2.24, 2.45) is 0 Å². The minimum absolute atomic E-state index is 0.0405. The van der Waals surface area contributed by atoms with Gasteiger partial charge in [-0.25, -0.2) is 4.39 Å². The molecular formula is C30H39FO7. The van der Waals surface area contributed by atoms with E-state index in [0.29, 0.717) is 47.5 Å². The molecule has 8 heteroatoms. The van der Waals surface area contributed by atoms with Crippen molar-refractivity contribution in [2.45, 2.75) is 95.2 Å². The Kier molecular flexibility index (Phi) is 8.96. The van der Waals surface area contributed by atoms with Crippen molar-refractivity contribution in [1.29, 1.82) is 0 Å². The molecule has 2 N–H and O–H groups in total. The summed E-state index contributed by atoms with van der Waals surface area (Å²) in [4.78, 5) is 11.5. The third-order valence-electron chi connectivity index (χ3n) is 7.62. The van der Waals surface area contributed by atoms with Gasteiger partial charge in [0.05, 0.1) is 39.0 Å². The van der Waals surface area contributed by atoms with Gasteiger partial charge in [0.25, 0.3) is 0 Å². The highest BCUT2D eigenvalue weighted by Crippen LogP contribution is 2.49. The first-order valence-electron chi connectivity index (χ1n) is 13.5. The molecule has 1 saturated heterocycles. The van der Waals surface area contributed by atoms with Gasteiger partial charge in [-0.1, -0.05) is 32.4 Å². The van der Waals surface area contributed by atoms with Crippen LogP contribution in [0.4, 0.5) is 4.39 Å². The molecule has 1 heterocycles. The first-order chi connectivity index (χ1) is 18.2. The van der Waals surface area contributed by atoms with E-state index in [0.717, 1.165) is 24.8 Å². The van der Waals surface area contributed by atoms with Crippen LogP contribution in [0, 0.1) is 5.82 Å². The molecule has 0 amide bonds. The van der Waals surface area contributed by atoms with E-state index in [9.17, 15) is 19.4 Å². The molecule has 4 rings (SSSR count). The van der Waals surface area contributed by atoms with Crippen LogP contribution in [0.5, 0.6) is 11.5 Å². The summed E-state index contributed by atoms with van der Waals surface area (Å²) in [6, 6.07) is 7.97. The molecule has 2 fully saturated rings. The fourth-order valence-corrected chi connectivity index (χ4v) is 5.95. The maximum atomic E-state index is 13.8. The second-order valence-electron chi connectivity index (χ2n) is 10.7. The van der Waals surface area contributed by atoms with Crippen LogP contribution in [-0.4, -0.2) is 48.4 Å². The first kappa shape index (κ1) is 28.3. The third-order valence-corrected chi connectivity index (χ3v) is 7.62. The van der Waals surface area contributed by atoms with Crippen LogP contribution in [0.15, 0.2) is 30.3 Å². The lowest BCUT2D eigenvalue weighted by molar-refractivity contribution is -0.331. The van der Waals surface area contributed by atoms with Crippen LogP contribution in [0.2, 0.25) is 0 Å². The number of methoxy groups -OCH3 is 2. The molecule has 1 aliphatic carbocycles. The van der Waals surface area contributed by atoms with Crippen molar-refractivity contribution < 1.29 is 38.3 Å². The zero-order chi connectivity index (χ0) is 27.4. The number of carbonyl (C=O) groups is 1. The molecule has 3 atom stereocenters. The standard InChI is InChI=1S/C30H39FO7/c1-18(2)23-17-25(35-3)29(36-4)27(19-8-10-20(31)11-9-19)28(23)24(32)15-21-14-22(16-26(33)34)38-30(37-21)12-6-5-7-13-30/h8-11,17-18,21-22,24,32H,5-7,12-16H2,1-4H3,(H,33,34). The predicted molar refractivity (Wildman–Crippen MR) is 141 cm³/mol. The third kappa shape index (κ3) is 6.14. The van der Waals surface area contributed by atoms with Crippen molar-refractivity contribution in [3.8, 4) is 22.6 Å². The Morgan fingerprint density at radius 2 is 1.74 bits per heavy atom. The molecule has 2 aliphatic rings. The zero-order valence-corrected chi connectivity index (χ0v) is 22.7. The van der Waals surface area contributed by atoms with E-state index in [1.165, 1.54) is 12.1 Å². The van der Waals surface area contributed by atoms with Crippen LogP contribution >= 0.6 is 0 Å². The minimum atomic E-state index is -0.957. The number of ether oxygens (including phenoxy) is 4. The smallest absolute Gasteiger partial charge is 0.305 e. The van der Waals surface area contributed by atoms with Gasteiger partial charge in [-0.15, -0.1) is 0 Å². The first-order valence-corrected chi connectivity index (χ1v) is 13.5. The molecule has 2 aromatic carbocycles. The molecule has 0 aromatic heterocycles. The topological polar surface area (TPSA) is 94.5 Å². The largest absolute Gasteiger partial charge is 0.493 e. The number of hydrogen-bond donors (Lipinski definition) is 2. The lowest BCUT2D eigenvalue weighted by Crippen LogP contribution is -2.50. The summed E-state index contributed by atoms with van der Waals surface area (Å²) in [5.41, 5.74) is 2.89. The van der Waals surface area contributed by atoms with E-state index in [4.69, 9.17) is 18.9 Å². The van der Waals surface area contributed by atoms with Crippen molar-refractivity contribution in [3.63, 3.8) is 0 Å². The molecule has 0 radical (unpaired) electrons. The van der Waals surface area contributed by atoms with Gasteiger partial charge in [0.1, 0.15) is 5.82 Å². The predicted octanol–water partition coefficient (Wildman–Crippen LogP) is 6.37. The van der Waals surface area contributed by atoms with Gasteiger partial charge in [-0.3, -0.25) is 4.79 Å². The molecule has 38 heavy (non-hydrogen) atoms. The highest BCUT2D eigenvalue weighted by molar-refractivity contribution is 5.79. The Labute approximate surface area is 223 Å². The van der Waals surface area contributed by atoms with E-state index < -0.39 is 30.1 Å². The highest BCUT2D eigenvalue weighted by Gasteiger charge is 2.44. The normalized spacial score (nSPS) is 21.9. The second kappa shape index (κ2) is 12.0. The Morgan fingerprint density at radius 1 is 1.08 bits per heavy atom. The molecule has 1 saturated carbocycles. The monoisotopic (exact) mass is 530 g/mol. The van der Waals surface area contributed by atoms with Gasteiger partial charge in [-0.2, -0.15) is 0 Å². The summed E-state index contributed by atoms with van der Waals surface area (Å²) in [5.74, 6) is -1.06. The van der Waals surface area contributed by atoms with Gasteiger partial charge in [-0.05, 0) is 53.6 Å². The zero-order valence-electron chi connectivity index (χ0n) is 22.7. The molecule has 1 spiro atoms. The average Bonchev–Trinajstić information content (AvgIpc) is 2.87. The summed E-state index contributed by atoms with van der Waals surface area (Å²) >= 11 is 0. The number of carboxylic acid groups (broad SMARTS) is 1. The number of aliphatic hydroxyl groups excluding tert-OH is 1. The lowest BCUT2D eigenvalue weighted by Gasteiger charge is -2.47. The minimum Gasteiger partial charge on any atom is -0.493 e. The molecule has 208 valence electrons. The van der Waals surface area contributed by atoms with E-state index >= 15 is 0 Å². The summed E-state index contributed by atoms with van der Waals surface area (Å²) in [7, 11) is 3.11. The fraction of sp³-hybridized carbons (Fsp3) is 0.567. The van der Waals surface area contributed by atoms with E-state index in [-0.39, 0.29) is 24.6 Å². The number of halogens is 1. The van der Waals surface area contributed by atoms with Crippen molar-refractivity contribution in [2.75, 3.05) is 14.2 Å². The number of rotatable bonds is 9. The van der Waals surface area contributed by atoms with Gasteiger partial charge in [0.2, 0.25) is 0 Å². The average molecular weight is 531 g/mol. The molecule has 3 unspecified atom stereocenters. The van der Waals surface area contributed by atoms with Crippen LogP contribution in [0.25, 0.3) is 11.1 Å². The molecule has 1 aliphatic heterocycles. The Hall–Kier alpha value is -2.68. The Bertz CT molecular complexity index is 1110. The maximum Gasteiger partial charge on any atom is 0.305 e.